The number of hydrogen-bond donors (Lipinski definition) is 2. The molecule has 154 valence electrons. The van der Waals surface area contributed by atoms with E-state index in [0.717, 1.165) is 32.1 Å². The summed E-state index contributed by atoms with van der Waals surface area (Å²) < 4.78 is 20.5. The second-order valence-electron chi connectivity index (χ2n) is 6.35. The van der Waals surface area contributed by atoms with Crippen LogP contribution in [0.25, 0.3) is 0 Å². The summed E-state index contributed by atoms with van der Waals surface area (Å²) in [6.07, 6.45) is 5.08. The van der Waals surface area contributed by atoms with Gasteiger partial charge in [0, 0.05) is 6.04 Å². The Hall–Kier alpha value is -2.97. The number of urea groups is 1. The van der Waals surface area contributed by atoms with Crippen molar-refractivity contribution < 1.29 is 33.3 Å². The Morgan fingerprint density at radius 3 is 2.11 bits per heavy atom. The predicted molar refractivity (Wildman–Crippen MR) is 99.9 cm³/mol. The zero-order valence-corrected chi connectivity index (χ0v) is 16.3. The molecule has 0 radical (unpaired) electrons. The number of methoxy groups -OCH3 is 3. The summed E-state index contributed by atoms with van der Waals surface area (Å²) in [5, 5.41) is 4.92. The molecule has 0 aromatic heterocycles. The lowest BCUT2D eigenvalue weighted by Crippen LogP contribution is -2.46. The van der Waals surface area contributed by atoms with Crippen LogP contribution in [0.3, 0.4) is 0 Å². The molecular formula is C19H26N2O7. The molecule has 1 aromatic rings. The molecule has 9 nitrogen and oxygen atoms in total. The second-order valence-corrected chi connectivity index (χ2v) is 6.35. The third-order valence-electron chi connectivity index (χ3n) is 4.43. The van der Waals surface area contributed by atoms with E-state index in [1.54, 1.807) is 0 Å². The van der Waals surface area contributed by atoms with Crippen molar-refractivity contribution in [1.29, 1.82) is 0 Å². The predicted octanol–water partition coefficient (Wildman–Crippen LogP) is 2.03. The van der Waals surface area contributed by atoms with Gasteiger partial charge < -0.3 is 24.3 Å². The number of rotatable bonds is 7. The van der Waals surface area contributed by atoms with Gasteiger partial charge in [0.25, 0.3) is 5.91 Å². The van der Waals surface area contributed by atoms with Gasteiger partial charge in [0.1, 0.15) is 0 Å². The minimum Gasteiger partial charge on any atom is -0.493 e. The molecule has 0 aliphatic heterocycles. The molecule has 0 unspecified atom stereocenters. The summed E-state index contributed by atoms with van der Waals surface area (Å²) in [4.78, 5) is 35.9. The van der Waals surface area contributed by atoms with E-state index in [4.69, 9.17) is 18.9 Å². The van der Waals surface area contributed by atoms with E-state index >= 15 is 0 Å². The van der Waals surface area contributed by atoms with Crippen molar-refractivity contribution in [2.24, 2.45) is 0 Å². The molecule has 0 bridgehead atoms. The fraction of sp³-hybridized carbons (Fsp3) is 0.526. The third kappa shape index (κ3) is 5.77. The quantitative estimate of drug-likeness (QED) is 0.681. The van der Waals surface area contributed by atoms with Crippen molar-refractivity contribution in [3.63, 3.8) is 0 Å². The van der Waals surface area contributed by atoms with Crippen LogP contribution >= 0.6 is 0 Å². The number of imide groups is 1. The zero-order valence-electron chi connectivity index (χ0n) is 16.3. The number of benzene rings is 1. The second kappa shape index (κ2) is 10.4. The van der Waals surface area contributed by atoms with E-state index in [0.29, 0.717) is 5.75 Å². The minimum atomic E-state index is -0.762. The maximum Gasteiger partial charge on any atom is 0.338 e. The largest absolute Gasteiger partial charge is 0.493 e. The maximum absolute atomic E-state index is 12.2. The summed E-state index contributed by atoms with van der Waals surface area (Å²) in [7, 11) is 4.29. The molecule has 1 aromatic carbocycles. The summed E-state index contributed by atoms with van der Waals surface area (Å²) in [5.41, 5.74) is 0.119. The first-order chi connectivity index (χ1) is 13.5. The van der Waals surface area contributed by atoms with Crippen molar-refractivity contribution in [2.75, 3.05) is 27.9 Å². The van der Waals surface area contributed by atoms with Crippen LogP contribution in [-0.2, 0) is 9.53 Å². The molecule has 28 heavy (non-hydrogen) atoms. The van der Waals surface area contributed by atoms with E-state index < -0.39 is 24.5 Å². The molecule has 2 N–H and O–H groups in total. The number of nitrogens with one attached hydrogen (secondary N) is 2. The highest BCUT2D eigenvalue weighted by Gasteiger charge is 2.20. The molecular weight excluding hydrogens is 368 g/mol. The number of esters is 1. The van der Waals surface area contributed by atoms with E-state index in [-0.39, 0.29) is 23.1 Å². The number of ether oxygens (including phenoxy) is 4. The molecule has 0 spiro atoms. The number of carbonyl (C=O) groups excluding carboxylic acids is 3. The smallest absolute Gasteiger partial charge is 0.338 e. The number of amides is 3. The Balaban J connectivity index is 1.88. The topological polar surface area (TPSA) is 112 Å². The van der Waals surface area contributed by atoms with E-state index in [2.05, 4.69) is 10.6 Å². The van der Waals surface area contributed by atoms with Gasteiger partial charge in [0.05, 0.1) is 26.9 Å². The Bertz CT molecular complexity index is 689. The molecule has 9 heteroatoms. The van der Waals surface area contributed by atoms with E-state index in [9.17, 15) is 14.4 Å². The summed E-state index contributed by atoms with van der Waals surface area (Å²) in [5.74, 6) is -0.579. The fourth-order valence-corrected chi connectivity index (χ4v) is 3.04. The highest BCUT2D eigenvalue weighted by molar-refractivity contribution is 5.97. The Labute approximate surface area is 163 Å². The SMILES string of the molecule is COc1cc(C(=O)OCC(=O)NC(=O)NC2CCCCC2)cc(OC)c1OC. The van der Waals surface area contributed by atoms with Gasteiger partial charge in [-0.05, 0) is 25.0 Å². The molecule has 0 saturated heterocycles. The van der Waals surface area contributed by atoms with Crippen LogP contribution in [0, 0.1) is 0 Å². The van der Waals surface area contributed by atoms with Gasteiger partial charge in [0.15, 0.2) is 18.1 Å². The maximum atomic E-state index is 12.2. The first-order valence-electron chi connectivity index (χ1n) is 9.06. The van der Waals surface area contributed by atoms with Crippen molar-refractivity contribution in [2.45, 2.75) is 38.1 Å². The van der Waals surface area contributed by atoms with Crippen LogP contribution in [0.5, 0.6) is 17.2 Å². The van der Waals surface area contributed by atoms with Gasteiger partial charge in [-0.2, -0.15) is 0 Å². The summed E-state index contributed by atoms with van der Waals surface area (Å²) in [6, 6.07) is 2.32. The fourth-order valence-electron chi connectivity index (χ4n) is 3.04. The minimum absolute atomic E-state index is 0.0725. The monoisotopic (exact) mass is 394 g/mol. The van der Waals surface area contributed by atoms with Crippen LogP contribution < -0.4 is 24.8 Å². The first-order valence-corrected chi connectivity index (χ1v) is 9.06. The van der Waals surface area contributed by atoms with Crippen LogP contribution in [0.2, 0.25) is 0 Å². The number of carbonyl (C=O) groups is 3. The molecule has 0 heterocycles. The van der Waals surface area contributed by atoms with Crippen LogP contribution in [0.1, 0.15) is 42.5 Å². The lowest BCUT2D eigenvalue weighted by Gasteiger charge is -2.22. The third-order valence-corrected chi connectivity index (χ3v) is 4.43. The van der Waals surface area contributed by atoms with Crippen molar-refractivity contribution in [3.05, 3.63) is 17.7 Å². The van der Waals surface area contributed by atoms with Gasteiger partial charge in [-0.25, -0.2) is 9.59 Å². The standard InChI is InChI=1S/C19H26N2O7/c1-25-14-9-12(10-15(26-2)17(14)27-3)18(23)28-11-16(22)21-19(24)20-13-7-5-4-6-8-13/h9-10,13H,4-8,11H2,1-3H3,(H2,20,21,22,24). The lowest BCUT2D eigenvalue weighted by molar-refractivity contribution is -0.123. The highest BCUT2D eigenvalue weighted by atomic mass is 16.5. The Morgan fingerprint density at radius 2 is 1.57 bits per heavy atom. The Kier molecular flexibility index (Phi) is 7.91. The summed E-state index contributed by atoms with van der Waals surface area (Å²) in [6.45, 7) is -0.590. The normalized spacial score (nSPS) is 14.0. The molecule has 1 aliphatic carbocycles. The van der Waals surface area contributed by atoms with Gasteiger partial charge in [-0.3, -0.25) is 10.1 Å². The van der Waals surface area contributed by atoms with Gasteiger partial charge in [0.2, 0.25) is 5.75 Å². The average Bonchev–Trinajstić information content (AvgIpc) is 2.71. The van der Waals surface area contributed by atoms with Crippen LogP contribution in [0.4, 0.5) is 4.79 Å². The lowest BCUT2D eigenvalue weighted by atomic mass is 9.96. The van der Waals surface area contributed by atoms with Crippen LogP contribution in [-0.4, -0.2) is 51.9 Å². The van der Waals surface area contributed by atoms with Crippen molar-refractivity contribution in [1.82, 2.24) is 10.6 Å². The highest BCUT2D eigenvalue weighted by Crippen LogP contribution is 2.38. The molecule has 0 atom stereocenters. The molecule has 1 saturated carbocycles. The molecule has 2 rings (SSSR count). The van der Waals surface area contributed by atoms with Crippen LogP contribution in [0.15, 0.2) is 12.1 Å². The average molecular weight is 394 g/mol. The van der Waals surface area contributed by atoms with E-state index in [1.165, 1.54) is 33.5 Å². The molecule has 3 amide bonds. The van der Waals surface area contributed by atoms with Crippen molar-refractivity contribution >= 4 is 17.9 Å². The first kappa shape index (κ1) is 21.3. The Morgan fingerprint density at radius 1 is 0.964 bits per heavy atom. The molecule has 1 aliphatic rings. The van der Waals surface area contributed by atoms with Crippen molar-refractivity contribution in [3.8, 4) is 17.2 Å². The molecule has 1 fully saturated rings. The van der Waals surface area contributed by atoms with Gasteiger partial charge in [-0.15, -0.1) is 0 Å². The van der Waals surface area contributed by atoms with E-state index in [1.807, 2.05) is 0 Å². The zero-order chi connectivity index (χ0) is 20.5. The summed E-state index contributed by atoms with van der Waals surface area (Å²) >= 11 is 0. The van der Waals surface area contributed by atoms with Gasteiger partial charge in [-0.1, -0.05) is 19.3 Å². The van der Waals surface area contributed by atoms with Gasteiger partial charge >= 0.3 is 12.0 Å². The number of hydrogen-bond acceptors (Lipinski definition) is 7.